The first-order valence-electron chi connectivity index (χ1n) is 12.8. The van der Waals surface area contributed by atoms with Crippen LogP contribution in [0, 0.1) is 11.3 Å². The van der Waals surface area contributed by atoms with E-state index in [-0.39, 0.29) is 23.3 Å². The number of amides is 1. The van der Waals surface area contributed by atoms with Gasteiger partial charge in [-0.05, 0) is 61.9 Å². The number of alkyl halides is 3. The minimum atomic E-state index is -4.45. The SMILES string of the molecule is O=C(CCC[C@@]1(C(=O)NCc2ccc(Nc3ccccc3C(F)(F)F)cc2)CCOC1)C1CCOCC1. The molecule has 2 fully saturated rings. The molecule has 2 N–H and O–H groups in total. The second-order valence-electron chi connectivity index (χ2n) is 9.84. The lowest BCUT2D eigenvalue weighted by molar-refractivity contribution is -0.137. The smallest absolute Gasteiger partial charge is 0.381 e. The number of nitrogens with one attached hydrogen (secondary N) is 2. The fourth-order valence-electron chi connectivity index (χ4n) is 4.99. The topological polar surface area (TPSA) is 76.7 Å². The van der Waals surface area contributed by atoms with Crippen LogP contribution in [0.25, 0.3) is 0 Å². The summed E-state index contributed by atoms with van der Waals surface area (Å²) in [7, 11) is 0. The van der Waals surface area contributed by atoms with Gasteiger partial charge in [-0.2, -0.15) is 13.2 Å². The summed E-state index contributed by atoms with van der Waals surface area (Å²) >= 11 is 0. The number of carbonyl (C=O) groups excluding carboxylic acids is 2. The van der Waals surface area contributed by atoms with Gasteiger partial charge in [-0.15, -0.1) is 0 Å². The van der Waals surface area contributed by atoms with E-state index in [0.717, 1.165) is 24.5 Å². The lowest BCUT2D eigenvalue weighted by Crippen LogP contribution is -2.41. The highest BCUT2D eigenvalue weighted by atomic mass is 19.4. The Bertz CT molecular complexity index is 1060. The molecule has 0 unspecified atom stereocenters. The van der Waals surface area contributed by atoms with Gasteiger partial charge >= 0.3 is 6.18 Å². The third-order valence-corrected chi connectivity index (χ3v) is 7.26. The van der Waals surface area contributed by atoms with Gasteiger partial charge in [-0.1, -0.05) is 24.3 Å². The first-order valence-corrected chi connectivity index (χ1v) is 12.8. The number of carbonyl (C=O) groups is 2. The van der Waals surface area contributed by atoms with Crippen molar-refractivity contribution in [1.29, 1.82) is 0 Å². The van der Waals surface area contributed by atoms with E-state index in [9.17, 15) is 22.8 Å². The van der Waals surface area contributed by atoms with Crippen LogP contribution in [0.5, 0.6) is 0 Å². The van der Waals surface area contributed by atoms with Crippen molar-refractivity contribution in [2.75, 3.05) is 31.7 Å². The Morgan fingerprint density at radius 3 is 2.38 bits per heavy atom. The quantitative estimate of drug-likeness (QED) is 0.426. The molecular formula is C28H33F3N2O4. The zero-order valence-corrected chi connectivity index (χ0v) is 20.7. The van der Waals surface area contributed by atoms with Gasteiger partial charge in [0.25, 0.3) is 0 Å². The molecule has 2 aliphatic rings. The van der Waals surface area contributed by atoms with Crippen LogP contribution in [0.1, 0.15) is 49.7 Å². The second-order valence-corrected chi connectivity index (χ2v) is 9.84. The Hall–Kier alpha value is -2.91. The number of para-hydroxylation sites is 1. The lowest BCUT2D eigenvalue weighted by Gasteiger charge is -2.27. The van der Waals surface area contributed by atoms with Gasteiger partial charge < -0.3 is 20.1 Å². The van der Waals surface area contributed by atoms with E-state index in [1.54, 1.807) is 30.3 Å². The molecule has 2 heterocycles. The van der Waals surface area contributed by atoms with Crippen molar-refractivity contribution in [3.63, 3.8) is 0 Å². The standard InChI is InChI=1S/C28H33F3N2O4/c29-28(30,31)23-4-1-2-5-24(23)33-22-9-7-20(8-10-22)18-32-26(35)27(14-17-37-19-27)13-3-6-25(34)21-11-15-36-16-12-21/h1-2,4-5,7-10,21,33H,3,6,11-19H2,(H,32,35)/t27-/m1/s1. The third-order valence-electron chi connectivity index (χ3n) is 7.26. The van der Waals surface area contributed by atoms with Crippen LogP contribution in [-0.2, 0) is 31.8 Å². The molecule has 0 spiro atoms. The molecule has 37 heavy (non-hydrogen) atoms. The van der Waals surface area contributed by atoms with Gasteiger partial charge in [0.15, 0.2) is 0 Å². The number of benzene rings is 2. The Morgan fingerprint density at radius 1 is 0.973 bits per heavy atom. The predicted molar refractivity (Wildman–Crippen MR) is 133 cm³/mol. The average Bonchev–Trinajstić information content (AvgIpc) is 3.38. The number of ether oxygens (including phenoxy) is 2. The summed E-state index contributed by atoms with van der Waals surface area (Å²) in [6.07, 6.45) is -0.585. The van der Waals surface area contributed by atoms with Crippen LogP contribution in [0.3, 0.4) is 0 Å². The van der Waals surface area contributed by atoms with Gasteiger partial charge in [0, 0.05) is 44.4 Å². The Balaban J connectivity index is 1.29. The molecule has 9 heteroatoms. The summed E-state index contributed by atoms with van der Waals surface area (Å²) in [5.74, 6) is 0.229. The minimum absolute atomic E-state index is 0.0190. The van der Waals surface area contributed by atoms with Crippen LogP contribution < -0.4 is 10.6 Å². The van der Waals surface area contributed by atoms with E-state index < -0.39 is 17.2 Å². The highest BCUT2D eigenvalue weighted by Crippen LogP contribution is 2.37. The van der Waals surface area contributed by atoms with Crippen LogP contribution in [-0.4, -0.2) is 38.1 Å². The summed E-state index contributed by atoms with van der Waals surface area (Å²) in [6, 6.07) is 12.2. The Kier molecular flexibility index (Phi) is 8.87. The summed E-state index contributed by atoms with van der Waals surface area (Å²) in [5.41, 5.74) is -0.0496. The van der Waals surface area contributed by atoms with Crippen molar-refractivity contribution in [3.8, 4) is 0 Å². The summed E-state index contributed by atoms with van der Waals surface area (Å²) in [6.45, 7) is 2.41. The largest absolute Gasteiger partial charge is 0.418 e. The number of Topliss-reactive ketones (excluding diaryl/α,β-unsaturated/α-hetero) is 1. The fourth-order valence-corrected chi connectivity index (χ4v) is 4.99. The van der Waals surface area contributed by atoms with Crippen molar-refractivity contribution in [3.05, 3.63) is 59.7 Å². The van der Waals surface area contributed by atoms with Crippen LogP contribution in [0.15, 0.2) is 48.5 Å². The van der Waals surface area contributed by atoms with E-state index in [0.29, 0.717) is 64.3 Å². The van der Waals surface area contributed by atoms with Crippen molar-refractivity contribution in [1.82, 2.24) is 5.32 Å². The second kappa shape index (κ2) is 12.1. The normalized spacial score (nSPS) is 20.5. The molecule has 0 radical (unpaired) electrons. The maximum absolute atomic E-state index is 13.2. The fraction of sp³-hybridized carbons (Fsp3) is 0.500. The van der Waals surface area contributed by atoms with Crippen molar-refractivity contribution in [2.45, 2.75) is 51.2 Å². The Morgan fingerprint density at radius 2 is 1.70 bits per heavy atom. The number of hydrogen-bond acceptors (Lipinski definition) is 5. The molecule has 0 aliphatic carbocycles. The molecule has 1 atom stereocenters. The third kappa shape index (κ3) is 7.11. The van der Waals surface area contributed by atoms with Crippen molar-refractivity contribution in [2.24, 2.45) is 11.3 Å². The van der Waals surface area contributed by atoms with Gasteiger partial charge in [0.05, 0.1) is 23.3 Å². The van der Waals surface area contributed by atoms with Crippen molar-refractivity contribution < 1.29 is 32.2 Å². The molecule has 200 valence electrons. The first kappa shape index (κ1) is 27.1. The summed E-state index contributed by atoms with van der Waals surface area (Å²) < 4.78 is 50.6. The highest BCUT2D eigenvalue weighted by Gasteiger charge is 2.41. The van der Waals surface area contributed by atoms with E-state index in [2.05, 4.69) is 10.6 Å². The highest BCUT2D eigenvalue weighted by molar-refractivity contribution is 5.83. The van der Waals surface area contributed by atoms with Crippen LogP contribution in [0.2, 0.25) is 0 Å². The molecule has 0 aromatic heterocycles. The molecule has 1 amide bonds. The van der Waals surface area contributed by atoms with Crippen molar-refractivity contribution >= 4 is 23.1 Å². The first-order chi connectivity index (χ1) is 17.8. The molecule has 0 bridgehead atoms. The van der Waals surface area contributed by atoms with Crippen LogP contribution >= 0.6 is 0 Å². The summed E-state index contributed by atoms with van der Waals surface area (Å²) in [4.78, 5) is 25.7. The maximum Gasteiger partial charge on any atom is 0.418 e. The lowest BCUT2D eigenvalue weighted by atomic mass is 9.80. The molecule has 6 nitrogen and oxygen atoms in total. The summed E-state index contributed by atoms with van der Waals surface area (Å²) in [5, 5.41) is 5.81. The number of halogens is 3. The average molecular weight is 519 g/mol. The van der Waals surface area contributed by atoms with Crippen LogP contribution in [0.4, 0.5) is 24.5 Å². The molecule has 2 aromatic rings. The Labute approximate surface area is 214 Å². The van der Waals surface area contributed by atoms with E-state index in [1.165, 1.54) is 12.1 Å². The number of anilines is 2. The molecule has 0 saturated carbocycles. The molecule has 2 saturated heterocycles. The molecule has 2 aliphatic heterocycles. The predicted octanol–water partition coefficient (Wildman–Crippen LogP) is 5.64. The molecule has 4 rings (SSSR count). The number of rotatable bonds is 10. The van der Waals surface area contributed by atoms with Gasteiger partial charge in [0.1, 0.15) is 5.78 Å². The maximum atomic E-state index is 13.2. The number of hydrogen-bond donors (Lipinski definition) is 2. The monoisotopic (exact) mass is 518 g/mol. The zero-order valence-electron chi connectivity index (χ0n) is 20.7. The zero-order chi connectivity index (χ0) is 26.3. The van der Waals surface area contributed by atoms with Gasteiger partial charge in [-0.3, -0.25) is 9.59 Å². The van der Waals surface area contributed by atoms with E-state index >= 15 is 0 Å². The van der Waals surface area contributed by atoms with E-state index in [1.807, 2.05) is 0 Å². The van der Waals surface area contributed by atoms with Gasteiger partial charge in [-0.25, -0.2) is 0 Å². The van der Waals surface area contributed by atoms with Gasteiger partial charge in [0.2, 0.25) is 5.91 Å². The molecular weight excluding hydrogens is 485 g/mol. The number of ketones is 1. The molecule has 2 aromatic carbocycles. The minimum Gasteiger partial charge on any atom is -0.381 e. The van der Waals surface area contributed by atoms with E-state index in [4.69, 9.17) is 9.47 Å².